The van der Waals surface area contributed by atoms with E-state index in [1.54, 1.807) is 0 Å². The first-order chi connectivity index (χ1) is 29.6. The molecule has 22 atom stereocenters. The third-order valence-electron chi connectivity index (χ3n) is 18.3. The van der Waals surface area contributed by atoms with Gasteiger partial charge in [0.05, 0.1) is 31.3 Å². The van der Waals surface area contributed by atoms with Crippen LogP contribution in [0.4, 0.5) is 0 Å². The lowest BCUT2D eigenvalue weighted by Gasteiger charge is -2.71. The topological polar surface area (TPSA) is 275 Å². The summed E-state index contributed by atoms with van der Waals surface area (Å²) in [5.74, 6) is -0.184. The molecule has 17 nitrogen and oxygen atoms in total. The largest absolute Gasteiger partial charge is 0.432 e. The standard InChI is InChI=1S/C46H72O17/c1-21-9-14-46(41(57)63-40-35(55)33(53)31(51)26(19-48)60-40)16-15-44(5)22(23(46)17-21)7-8-28-43(4)12-11-29(42(2,3)27(43)10-13-45(28,44)6)61-38-36(56)37(24(49)20-58-38)62-39-34(54)32(52)30(50)25(18-47)59-39/h7,23-40,47-56H,1,8-20H2,2-6H3/t23-,24+,25-,26-,27-,28-,29+,30+,31-,32+,33+,34-,35-,36-,37+,38+,39+,40+,43+,44-,45-,46+/m1/s1. The molecule has 0 bridgehead atoms. The van der Waals surface area contributed by atoms with Gasteiger partial charge in [0.15, 0.2) is 12.6 Å². The molecule has 0 aromatic heterocycles. The number of allylic oxidation sites excluding steroid dienone is 3. The van der Waals surface area contributed by atoms with Crippen LogP contribution in [0.5, 0.6) is 0 Å². The van der Waals surface area contributed by atoms with E-state index in [4.69, 9.17) is 28.4 Å². The monoisotopic (exact) mass is 896 g/mol. The van der Waals surface area contributed by atoms with Crippen molar-refractivity contribution in [2.24, 2.45) is 44.8 Å². The van der Waals surface area contributed by atoms with Crippen molar-refractivity contribution >= 4 is 5.97 Å². The van der Waals surface area contributed by atoms with E-state index in [1.165, 1.54) is 5.57 Å². The number of hydrogen-bond acceptors (Lipinski definition) is 17. The van der Waals surface area contributed by atoms with Gasteiger partial charge in [0.1, 0.15) is 67.1 Å². The van der Waals surface area contributed by atoms with Crippen molar-refractivity contribution in [3.05, 3.63) is 23.8 Å². The maximum atomic E-state index is 14.5. The molecule has 3 aliphatic heterocycles. The molecule has 0 aromatic rings. The molecule has 8 rings (SSSR count). The molecule has 0 spiro atoms. The van der Waals surface area contributed by atoms with Gasteiger partial charge in [-0.05, 0) is 97.7 Å². The van der Waals surface area contributed by atoms with E-state index in [2.05, 4.69) is 47.3 Å². The van der Waals surface area contributed by atoms with Gasteiger partial charge in [-0.3, -0.25) is 4.79 Å². The van der Waals surface area contributed by atoms with E-state index in [0.29, 0.717) is 38.0 Å². The third-order valence-corrected chi connectivity index (χ3v) is 18.3. The number of aliphatic hydroxyl groups excluding tert-OH is 10. The highest BCUT2D eigenvalue weighted by Crippen LogP contribution is 2.75. The van der Waals surface area contributed by atoms with E-state index in [1.807, 2.05) is 0 Å². The van der Waals surface area contributed by atoms with Crippen LogP contribution in [0.25, 0.3) is 0 Å². The molecule has 0 amide bonds. The first kappa shape index (κ1) is 47.8. The fraction of sp³-hybridized carbons (Fsp3) is 0.891. The van der Waals surface area contributed by atoms with Crippen LogP contribution in [0, 0.1) is 44.8 Å². The molecular weight excluding hydrogens is 824 g/mol. The van der Waals surface area contributed by atoms with Crippen molar-refractivity contribution in [2.45, 2.75) is 191 Å². The SMILES string of the molecule is C=C1CC[C@]2(C(=O)O[C@@H]3O[C@H](CO)[C@@H](O)[C@H](O)[C@H]3O)CC[C@]3(C)C(=CC[C@@H]4[C@@]5(C)CC[C@H](O[C@@H]6OC[C@H](O)[C@H](O[C@@H]7O[C@H](CO)[C@H](O)[C@H](O)[C@H]7O)[C@H]6O)C(C)(C)[C@H]5CC[C@]43C)[C@H]2C1. The predicted octanol–water partition coefficient (Wildman–Crippen LogP) is 0.310. The summed E-state index contributed by atoms with van der Waals surface area (Å²) in [6.45, 7) is 14.5. The third kappa shape index (κ3) is 7.43. The lowest BCUT2D eigenvalue weighted by Crippen LogP contribution is -2.66. The Bertz CT molecular complexity index is 1740. The zero-order valence-corrected chi connectivity index (χ0v) is 37.2. The summed E-state index contributed by atoms with van der Waals surface area (Å²) in [5, 5.41) is 104. The maximum Gasteiger partial charge on any atom is 0.315 e. The molecule has 63 heavy (non-hydrogen) atoms. The van der Waals surface area contributed by atoms with Gasteiger partial charge in [-0.1, -0.05) is 58.4 Å². The highest BCUT2D eigenvalue weighted by molar-refractivity contribution is 5.79. The van der Waals surface area contributed by atoms with Crippen LogP contribution in [0.15, 0.2) is 23.8 Å². The van der Waals surface area contributed by atoms with Crippen molar-refractivity contribution in [3.63, 3.8) is 0 Å². The molecule has 3 heterocycles. The quantitative estimate of drug-likeness (QED) is 0.0892. The van der Waals surface area contributed by atoms with Crippen LogP contribution < -0.4 is 0 Å². The van der Waals surface area contributed by atoms with Gasteiger partial charge in [0.25, 0.3) is 0 Å². The Labute approximate surface area is 369 Å². The van der Waals surface area contributed by atoms with Crippen molar-refractivity contribution in [1.29, 1.82) is 0 Å². The Balaban J connectivity index is 0.996. The second-order valence-electron chi connectivity index (χ2n) is 21.6. The second kappa shape index (κ2) is 17.1. The van der Waals surface area contributed by atoms with E-state index in [9.17, 15) is 55.9 Å². The van der Waals surface area contributed by atoms with Crippen molar-refractivity contribution < 1.29 is 84.3 Å². The fourth-order valence-electron chi connectivity index (χ4n) is 14.3. The van der Waals surface area contributed by atoms with E-state index in [-0.39, 0.29) is 46.2 Å². The summed E-state index contributed by atoms with van der Waals surface area (Å²) in [5.41, 5.74) is 0.530. The van der Waals surface area contributed by atoms with Crippen LogP contribution in [0.2, 0.25) is 0 Å². The number of esters is 1. The van der Waals surface area contributed by atoms with Crippen LogP contribution in [-0.4, -0.2) is 169 Å². The van der Waals surface area contributed by atoms with Crippen molar-refractivity contribution in [2.75, 3.05) is 19.8 Å². The predicted molar refractivity (Wildman–Crippen MR) is 220 cm³/mol. The van der Waals surface area contributed by atoms with Gasteiger partial charge in [-0.2, -0.15) is 0 Å². The highest BCUT2D eigenvalue weighted by Gasteiger charge is 2.69. The zero-order valence-electron chi connectivity index (χ0n) is 37.2. The normalized spacial score (nSPS) is 53.3. The first-order valence-electron chi connectivity index (χ1n) is 23.1. The summed E-state index contributed by atoms with van der Waals surface area (Å²) in [6.07, 6.45) is -11.5. The molecule has 17 heteroatoms. The molecule has 7 fully saturated rings. The first-order valence-corrected chi connectivity index (χ1v) is 23.1. The number of aliphatic hydroxyl groups is 10. The summed E-state index contributed by atoms with van der Waals surface area (Å²) < 4.78 is 35.4. The minimum atomic E-state index is -1.72. The number of rotatable bonds is 8. The van der Waals surface area contributed by atoms with E-state index in [0.717, 1.165) is 37.7 Å². The summed E-state index contributed by atoms with van der Waals surface area (Å²) >= 11 is 0. The van der Waals surface area contributed by atoms with Gasteiger partial charge >= 0.3 is 5.97 Å². The second-order valence-corrected chi connectivity index (χ2v) is 21.6. The minimum Gasteiger partial charge on any atom is -0.432 e. The molecule has 0 aromatic carbocycles. The fourth-order valence-corrected chi connectivity index (χ4v) is 14.3. The Morgan fingerprint density at radius 3 is 2.02 bits per heavy atom. The van der Waals surface area contributed by atoms with Gasteiger partial charge in [-0.15, -0.1) is 0 Å². The summed E-state index contributed by atoms with van der Waals surface area (Å²) in [7, 11) is 0. The average Bonchev–Trinajstić information content (AvgIpc) is 3.24. The molecule has 358 valence electrons. The molecule has 0 unspecified atom stereocenters. The number of fused-ring (bicyclic) bond motifs is 7. The van der Waals surface area contributed by atoms with Gasteiger partial charge < -0.3 is 79.5 Å². The molecule has 5 aliphatic carbocycles. The molecule has 0 radical (unpaired) electrons. The van der Waals surface area contributed by atoms with E-state index < -0.39 is 111 Å². The highest BCUT2D eigenvalue weighted by atomic mass is 16.7. The Kier molecular flexibility index (Phi) is 13.0. The molecule has 4 saturated carbocycles. The Morgan fingerprint density at radius 1 is 0.730 bits per heavy atom. The molecule has 8 aliphatic rings. The van der Waals surface area contributed by atoms with Crippen LogP contribution in [-0.2, 0) is 33.2 Å². The van der Waals surface area contributed by atoms with E-state index >= 15 is 0 Å². The van der Waals surface area contributed by atoms with Crippen LogP contribution in [0.3, 0.4) is 0 Å². The number of carbonyl (C=O) groups is 1. The number of hydrogen-bond donors (Lipinski definition) is 10. The Morgan fingerprint density at radius 2 is 1.37 bits per heavy atom. The zero-order chi connectivity index (χ0) is 45.8. The molecule has 3 saturated heterocycles. The lowest BCUT2D eigenvalue weighted by molar-refractivity contribution is -0.357. The maximum absolute atomic E-state index is 14.5. The number of ether oxygens (including phenoxy) is 6. The molecular formula is C46H72O17. The minimum absolute atomic E-state index is 0.106. The van der Waals surface area contributed by atoms with Gasteiger partial charge in [-0.25, -0.2) is 0 Å². The van der Waals surface area contributed by atoms with Crippen LogP contribution >= 0.6 is 0 Å². The smallest absolute Gasteiger partial charge is 0.315 e. The Hall–Kier alpha value is -1.65. The lowest BCUT2D eigenvalue weighted by atomic mass is 9.34. The summed E-state index contributed by atoms with van der Waals surface area (Å²) in [4.78, 5) is 14.5. The summed E-state index contributed by atoms with van der Waals surface area (Å²) in [6, 6.07) is 0. The number of carbonyl (C=O) groups excluding carboxylic acids is 1. The van der Waals surface area contributed by atoms with Gasteiger partial charge in [0.2, 0.25) is 6.29 Å². The van der Waals surface area contributed by atoms with Crippen LogP contribution in [0.1, 0.15) is 98.8 Å². The van der Waals surface area contributed by atoms with Crippen molar-refractivity contribution in [1.82, 2.24) is 0 Å². The van der Waals surface area contributed by atoms with Gasteiger partial charge in [0, 0.05) is 5.92 Å². The van der Waals surface area contributed by atoms with Crippen molar-refractivity contribution in [3.8, 4) is 0 Å². The molecule has 10 N–H and O–H groups in total. The average molecular weight is 897 g/mol.